The molecule has 33 heavy (non-hydrogen) atoms. The Morgan fingerprint density at radius 3 is 2.33 bits per heavy atom. The Morgan fingerprint density at radius 2 is 1.67 bits per heavy atom. The monoisotopic (exact) mass is 451 g/mol. The molecule has 1 fully saturated rings. The van der Waals surface area contributed by atoms with E-state index < -0.39 is 0 Å². The van der Waals surface area contributed by atoms with Gasteiger partial charge in [-0.1, -0.05) is 0 Å². The van der Waals surface area contributed by atoms with Crippen molar-refractivity contribution >= 4 is 22.6 Å². The van der Waals surface area contributed by atoms with Crippen LogP contribution in [0.3, 0.4) is 0 Å². The van der Waals surface area contributed by atoms with Gasteiger partial charge in [0.25, 0.3) is 5.56 Å². The number of anilines is 1. The summed E-state index contributed by atoms with van der Waals surface area (Å²) in [7, 11) is 4.83. The van der Waals surface area contributed by atoms with Crippen LogP contribution in [-0.4, -0.2) is 67.8 Å². The molecule has 10 heteroatoms. The predicted octanol–water partition coefficient (Wildman–Crippen LogP) is 0.826. The Balaban J connectivity index is 1.32. The number of imidazole rings is 2. The van der Waals surface area contributed by atoms with Gasteiger partial charge in [-0.3, -0.25) is 23.2 Å². The predicted molar refractivity (Wildman–Crippen MR) is 128 cm³/mol. The van der Waals surface area contributed by atoms with Gasteiger partial charge in [-0.15, -0.1) is 0 Å². The van der Waals surface area contributed by atoms with Gasteiger partial charge >= 0.3 is 5.69 Å². The first-order valence-corrected chi connectivity index (χ1v) is 11.1. The molecule has 1 aromatic carbocycles. The topological polar surface area (TPSA) is 81.9 Å². The van der Waals surface area contributed by atoms with Crippen molar-refractivity contribution in [2.75, 3.05) is 44.7 Å². The molecule has 0 bridgehead atoms. The normalized spacial score (nSPS) is 15.1. The van der Waals surface area contributed by atoms with Gasteiger partial charge in [0, 0.05) is 70.9 Å². The summed E-state index contributed by atoms with van der Waals surface area (Å²) in [6.45, 7) is 7.58. The number of rotatable bonds is 5. The minimum atomic E-state index is -0.369. The highest BCUT2D eigenvalue weighted by molar-refractivity contribution is 5.75. The first kappa shape index (κ1) is 21.3. The third-order valence-corrected chi connectivity index (χ3v) is 6.71. The van der Waals surface area contributed by atoms with Crippen LogP contribution >= 0.6 is 0 Å². The zero-order valence-corrected chi connectivity index (χ0v) is 19.5. The van der Waals surface area contributed by atoms with Crippen molar-refractivity contribution < 1.29 is 4.74 Å². The van der Waals surface area contributed by atoms with Crippen molar-refractivity contribution in [3.05, 3.63) is 57.0 Å². The van der Waals surface area contributed by atoms with Crippen molar-refractivity contribution in [2.45, 2.75) is 13.5 Å². The van der Waals surface area contributed by atoms with E-state index in [-0.39, 0.29) is 11.2 Å². The number of hydrogen-bond acceptors (Lipinski definition) is 6. The number of hydrogen-bond donors (Lipinski definition) is 0. The number of piperazine rings is 1. The van der Waals surface area contributed by atoms with E-state index in [1.807, 2.05) is 29.7 Å². The number of benzene rings is 1. The van der Waals surface area contributed by atoms with E-state index in [2.05, 4.69) is 31.5 Å². The lowest BCUT2D eigenvalue weighted by Crippen LogP contribution is -2.47. The van der Waals surface area contributed by atoms with E-state index in [0.29, 0.717) is 16.9 Å². The highest BCUT2D eigenvalue weighted by atomic mass is 16.5. The lowest BCUT2D eigenvalue weighted by Gasteiger charge is -2.36. The Morgan fingerprint density at radius 1 is 0.970 bits per heavy atom. The summed E-state index contributed by atoms with van der Waals surface area (Å²) in [6.07, 6.45) is 1.93. The summed E-state index contributed by atoms with van der Waals surface area (Å²) in [5, 5.41) is 0. The summed E-state index contributed by atoms with van der Waals surface area (Å²) in [6, 6.07) is 8.21. The molecule has 4 heterocycles. The standard InChI is InChI=1S/C23H29N7O3/c1-16-15-30-19-20(25(2)23(32)26(3)21(19)31)24-22(30)29(16)14-11-27-9-12-28(13-10-27)17-5-7-18(33-4)8-6-17/h5-8,15H,9-14H2,1-4H3. The van der Waals surface area contributed by atoms with Crippen molar-refractivity contribution in [1.29, 1.82) is 0 Å². The van der Waals surface area contributed by atoms with Crippen LogP contribution in [0.15, 0.2) is 40.1 Å². The van der Waals surface area contributed by atoms with Gasteiger partial charge in [0.1, 0.15) is 5.75 Å². The lowest BCUT2D eigenvalue weighted by atomic mass is 10.2. The molecule has 0 unspecified atom stereocenters. The van der Waals surface area contributed by atoms with Crippen LogP contribution in [0, 0.1) is 6.92 Å². The number of methoxy groups -OCH3 is 1. The highest BCUT2D eigenvalue weighted by Crippen LogP contribution is 2.21. The second-order valence-electron chi connectivity index (χ2n) is 8.61. The van der Waals surface area contributed by atoms with Crippen LogP contribution in [0.5, 0.6) is 5.75 Å². The van der Waals surface area contributed by atoms with Gasteiger partial charge in [0.2, 0.25) is 5.78 Å². The summed E-state index contributed by atoms with van der Waals surface area (Å²) >= 11 is 0. The molecule has 5 rings (SSSR count). The van der Waals surface area contributed by atoms with Crippen molar-refractivity contribution in [3.63, 3.8) is 0 Å². The Bertz CT molecular complexity index is 1430. The smallest absolute Gasteiger partial charge is 0.332 e. The minimum Gasteiger partial charge on any atom is -0.497 e. The van der Waals surface area contributed by atoms with Crippen LogP contribution in [0.25, 0.3) is 16.9 Å². The van der Waals surface area contributed by atoms with Crippen LogP contribution in [0.1, 0.15) is 5.69 Å². The maximum absolute atomic E-state index is 12.7. The molecule has 0 saturated carbocycles. The molecule has 0 atom stereocenters. The molecular formula is C23H29N7O3. The van der Waals surface area contributed by atoms with E-state index in [0.717, 1.165) is 55.3 Å². The van der Waals surface area contributed by atoms with Gasteiger partial charge in [-0.25, -0.2) is 4.79 Å². The zero-order chi connectivity index (χ0) is 23.3. The van der Waals surface area contributed by atoms with Gasteiger partial charge in [0.05, 0.1) is 7.11 Å². The van der Waals surface area contributed by atoms with Crippen molar-refractivity contribution in [2.24, 2.45) is 14.1 Å². The Hall–Kier alpha value is -3.53. The fraction of sp³-hybridized carbons (Fsp3) is 0.435. The van der Waals surface area contributed by atoms with Gasteiger partial charge in [-0.2, -0.15) is 4.98 Å². The van der Waals surface area contributed by atoms with Crippen molar-refractivity contribution in [1.82, 2.24) is 28.0 Å². The quantitative estimate of drug-likeness (QED) is 0.447. The largest absolute Gasteiger partial charge is 0.497 e. The van der Waals surface area contributed by atoms with E-state index in [1.165, 1.54) is 17.3 Å². The molecule has 10 nitrogen and oxygen atoms in total. The molecule has 0 amide bonds. The molecule has 0 spiro atoms. The van der Waals surface area contributed by atoms with E-state index in [9.17, 15) is 9.59 Å². The summed E-state index contributed by atoms with van der Waals surface area (Å²) in [4.78, 5) is 34.6. The Labute approximate surface area is 190 Å². The number of aryl methyl sites for hydroxylation is 2. The fourth-order valence-electron chi connectivity index (χ4n) is 4.67. The van der Waals surface area contributed by atoms with Crippen LogP contribution in [0.2, 0.25) is 0 Å². The van der Waals surface area contributed by atoms with Crippen molar-refractivity contribution in [3.8, 4) is 5.75 Å². The molecule has 1 saturated heterocycles. The highest BCUT2D eigenvalue weighted by Gasteiger charge is 2.21. The molecule has 0 aliphatic carbocycles. The number of fused-ring (bicyclic) bond motifs is 3. The first-order chi connectivity index (χ1) is 15.9. The molecular weight excluding hydrogens is 422 g/mol. The lowest BCUT2D eigenvalue weighted by molar-refractivity contribution is 0.248. The molecule has 4 aromatic rings. The average Bonchev–Trinajstić information content (AvgIpc) is 3.35. The first-order valence-electron chi connectivity index (χ1n) is 11.1. The maximum Gasteiger partial charge on any atom is 0.332 e. The van der Waals surface area contributed by atoms with Gasteiger partial charge < -0.3 is 14.2 Å². The summed E-state index contributed by atoms with van der Waals surface area (Å²) in [5.74, 6) is 1.56. The van der Waals surface area contributed by atoms with E-state index in [4.69, 9.17) is 4.74 Å². The Kier molecular flexibility index (Phi) is 5.24. The van der Waals surface area contributed by atoms with E-state index in [1.54, 1.807) is 14.2 Å². The van der Waals surface area contributed by atoms with Crippen LogP contribution in [-0.2, 0) is 20.6 Å². The summed E-state index contributed by atoms with van der Waals surface area (Å²) < 4.78 is 11.8. The second-order valence-corrected chi connectivity index (χ2v) is 8.61. The molecule has 1 aliphatic heterocycles. The van der Waals surface area contributed by atoms with Gasteiger partial charge in [-0.05, 0) is 31.2 Å². The number of nitrogens with zero attached hydrogens (tertiary/aromatic N) is 7. The maximum atomic E-state index is 12.7. The zero-order valence-electron chi connectivity index (χ0n) is 19.5. The molecule has 0 N–H and O–H groups in total. The third-order valence-electron chi connectivity index (χ3n) is 6.71. The number of ether oxygens (including phenoxy) is 1. The van der Waals surface area contributed by atoms with Crippen LogP contribution < -0.4 is 20.9 Å². The fourth-order valence-corrected chi connectivity index (χ4v) is 4.67. The van der Waals surface area contributed by atoms with E-state index >= 15 is 0 Å². The summed E-state index contributed by atoms with van der Waals surface area (Å²) in [5.41, 5.74) is 2.41. The second kappa shape index (κ2) is 8.11. The molecule has 0 radical (unpaired) electrons. The third kappa shape index (κ3) is 3.50. The molecule has 3 aromatic heterocycles. The minimum absolute atomic E-state index is 0.326. The molecule has 1 aliphatic rings. The molecule has 174 valence electrons. The average molecular weight is 452 g/mol. The van der Waals surface area contributed by atoms with Gasteiger partial charge in [0.15, 0.2) is 11.2 Å². The SMILES string of the molecule is COc1ccc(N2CCN(CCn3c(C)cn4c5c(=O)n(C)c(=O)n(C)c5nc34)CC2)cc1. The van der Waals surface area contributed by atoms with Crippen LogP contribution in [0.4, 0.5) is 5.69 Å². The number of aromatic nitrogens is 5.